The van der Waals surface area contributed by atoms with Gasteiger partial charge in [-0.2, -0.15) is 0 Å². The number of nitrogens with zero attached hydrogens (tertiary/aromatic N) is 1. The number of ether oxygens (including phenoxy) is 1. The quantitative estimate of drug-likeness (QED) is 0.828. The summed E-state index contributed by atoms with van der Waals surface area (Å²) in [5, 5.41) is 0. The fraction of sp³-hybridized carbons (Fsp3) is 0.600. The average Bonchev–Trinajstić information content (AvgIpc) is 2.43. The van der Waals surface area contributed by atoms with Crippen molar-refractivity contribution in [3.63, 3.8) is 0 Å². The molecule has 0 spiro atoms. The van der Waals surface area contributed by atoms with Crippen LogP contribution < -0.4 is 0 Å². The summed E-state index contributed by atoms with van der Waals surface area (Å²) in [6.45, 7) is 2.56. The van der Waals surface area contributed by atoms with Crippen LogP contribution in [0.3, 0.4) is 0 Å². The van der Waals surface area contributed by atoms with Crippen LogP contribution in [-0.2, 0) is 16.0 Å². The minimum atomic E-state index is -0.554. The van der Waals surface area contributed by atoms with Crippen LogP contribution in [0, 0.1) is 0 Å². The third kappa shape index (κ3) is 3.63. The van der Waals surface area contributed by atoms with Crippen molar-refractivity contribution >= 4 is 21.7 Å². The van der Waals surface area contributed by atoms with Crippen LogP contribution in [-0.4, -0.2) is 23.0 Å². The number of aromatic nitrogens is 1. The minimum Gasteiger partial charge on any atom is -0.367 e. The van der Waals surface area contributed by atoms with Gasteiger partial charge in [-0.3, -0.25) is 9.78 Å². The first-order chi connectivity index (χ1) is 9.16. The molecule has 1 fully saturated rings. The maximum Gasteiger partial charge on any atom is 0.170 e. The fourth-order valence-electron chi connectivity index (χ4n) is 2.74. The topological polar surface area (TPSA) is 39.2 Å². The Morgan fingerprint density at radius 3 is 2.68 bits per heavy atom. The second kappa shape index (κ2) is 6.62. The monoisotopic (exact) mass is 325 g/mol. The van der Waals surface area contributed by atoms with Crippen molar-refractivity contribution in [1.29, 1.82) is 0 Å². The number of Topliss-reactive ketones (excluding diaryl/α,β-unsaturated/α-hetero) is 1. The van der Waals surface area contributed by atoms with E-state index in [1.807, 2.05) is 19.1 Å². The van der Waals surface area contributed by atoms with Gasteiger partial charge in [-0.05, 0) is 47.8 Å². The first-order valence-electron chi connectivity index (χ1n) is 6.94. The molecule has 0 saturated heterocycles. The maximum atomic E-state index is 12.6. The van der Waals surface area contributed by atoms with Crippen LogP contribution in [0.2, 0.25) is 0 Å². The molecule has 1 aliphatic carbocycles. The first-order valence-corrected chi connectivity index (χ1v) is 7.73. The normalized spacial score (nSPS) is 18.2. The Hall–Kier alpha value is -0.740. The van der Waals surface area contributed by atoms with Crippen molar-refractivity contribution in [2.45, 2.75) is 51.0 Å². The van der Waals surface area contributed by atoms with Crippen LogP contribution in [0.25, 0.3) is 0 Å². The Balaban J connectivity index is 2.09. The molecule has 0 aromatic carbocycles. The second-order valence-corrected chi connectivity index (χ2v) is 5.97. The van der Waals surface area contributed by atoms with Crippen molar-refractivity contribution in [2.24, 2.45) is 0 Å². The Morgan fingerprint density at radius 1 is 1.37 bits per heavy atom. The number of carbonyl (C=O) groups excluding carboxylic acids is 1. The van der Waals surface area contributed by atoms with E-state index in [0.29, 0.717) is 13.0 Å². The van der Waals surface area contributed by atoms with Crippen LogP contribution in [0.1, 0.15) is 44.7 Å². The van der Waals surface area contributed by atoms with Crippen molar-refractivity contribution in [1.82, 2.24) is 4.98 Å². The predicted octanol–water partition coefficient (Wildman–Crippen LogP) is 3.70. The van der Waals surface area contributed by atoms with Crippen molar-refractivity contribution in [2.75, 3.05) is 6.61 Å². The molecule has 0 radical (unpaired) electrons. The average molecular weight is 326 g/mol. The lowest BCUT2D eigenvalue weighted by molar-refractivity contribution is -0.148. The largest absolute Gasteiger partial charge is 0.367 e. The molecule has 1 aromatic heterocycles. The molecular formula is C15H20BrNO2. The van der Waals surface area contributed by atoms with Gasteiger partial charge in [0.25, 0.3) is 0 Å². The summed E-state index contributed by atoms with van der Waals surface area (Å²) in [5.41, 5.74) is 0.264. The van der Waals surface area contributed by atoms with E-state index in [0.717, 1.165) is 35.8 Å². The lowest BCUT2D eigenvalue weighted by Crippen LogP contribution is -2.44. The zero-order valence-corrected chi connectivity index (χ0v) is 12.9. The van der Waals surface area contributed by atoms with Gasteiger partial charge >= 0.3 is 0 Å². The van der Waals surface area contributed by atoms with Gasteiger partial charge < -0.3 is 4.74 Å². The fourth-order valence-corrected chi connectivity index (χ4v) is 2.97. The van der Waals surface area contributed by atoms with E-state index in [1.165, 1.54) is 6.42 Å². The highest BCUT2D eigenvalue weighted by Gasteiger charge is 2.39. The van der Waals surface area contributed by atoms with Crippen molar-refractivity contribution in [3.05, 3.63) is 28.5 Å². The predicted molar refractivity (Wildman–Crippen MR) is 78.1 cm³/mol. The van der Waals surface area contributed by atoms with Gasteiger partial charge in [0.05, 0.1) is 6.42 Å². The van der Waals surface area contributed by atoms with Gasteiger partial charge in [0, 0.05) is 23.0 Å². The Morgan fingerprint density at radius 2 is 2.11 bits per heavy atom. The van der Waals surface area contributed by atoms with E-state index in [9.17, 15) is 4.79 Å². The minimum absolute atomic E-state index is 0.184. The summed E-state index contributed by atoms with van der Waals surface area (Å²) in [6.07, 6.45) is 7.19. The summed E-state index contributed by atoms with van der Waals surface area (Å²) >= 11 is 3.35. The summed E-state index contributed by atoms with van der Waals surface area (Å²) in [7, 11) is 0. The zero-order chi connectivity index (χ0) is 13.7. The molecule has 0 aliphatic heterocycles. The molecule has 0 atom stereocenters. The molecule has 3 nitrogen and oxygen atoms in total. The summed E-state index contributed by atoms with van der Waals surface area (Å²) in [6, 6.07) is 3.81. The molecule has 2 rings (SSSR count). The number of carbonyl (C=O) groups is 1. The Kier molecular flexibility index (Phi) is 5.11. The van der Waals surface area contributed by atoms with E-state index in [-0.39, 0.29) is 5.78 Å². The van der Waals surface area contributed by atoms with Gasteiger partial charge in [-0.1, -0.05) is 19.3 Å². The molecule has 104 valence electrons. The number of rotatable bonds is 5. The zero-order valence-electron chi connectivity index (χ0n) is 11.3. The molecule has 0 amide bonds. The molecule has 1 aromatic rings. The SMILES string of the molecule is CCOC1(C(=O)Cc2ccc(Br)cn2)CCCCC1. The Bertz CT molecular complexity index is 419. The van der Waals surface area contributed by atoms with Gasteiger partial charge in [0.1, 0.15) is 5.60 Å². The molecule has 0 unspecified atom stereocenters. The van der Waals surface area contributed by atoms with Gasteiger partial charge in [0.15, 0.2) is 5.78 Å². The van der Waals surface area contributed by atoms with Crippen LogP contribution in [0.5, 0.6) is 0 Å². The maximum absolute atomic E-state index is 12.6. The molecule has 1 aliphatic rings. The van der Waals surface area contributed by atoms with E-state index in [1.54, 1.807) is 6.20 Å². The van der Waals surface area contributed by atoms with Gasteiger partial charge in [-0.15, -0.1) is 0 Å². The van der Waals surface area contributed by atoms with Crippen LogP contribution in [0.15, 0.2) is 22.8 Å². The summed E-state index contributed by atoms with van der Waals surface area (Å²) in [5.74, 6) is 0.184. The number of halogens is 1. The highest BCUT2D eigenvalue weighted by atomic mass is 79.9. The second-order valence-electron chi connectivity index (χ2n) is 5.06. The molecule has 19 heavy (non-hydrogen) atoms. The molecule has 0 N–H and O–H groups in total. The number of hydrogen-bond donors (Lipinski definition) is 0. The van der Waals surface area contributed by atoms with Crippen LogP contribution in [0.4, 0.5) is 0 Å². The summed E-state index contributed by atoms with van der Waals surface area (Å²) in [4.78, 5) is 16.9. The van der Waals surface area contributed by atoms with E-state index in [4.69, 9.17) is 4.74 Å². The molecular weight excluding hydrogens is 306 g/mol. The number of hydrogen-bond acceptors (Lipinski definition) is 3. The third-order valence-electron chi connectivity index (χ3n) is 3.72. The van der Waals surface area contributed by atoms with E-state index < -0.39 is 5.60 Å². The first kappa shape index (κ1) is 14.7. The highest BCUT2D eigenvalue weighted by molar-refractivity contribution is 9.10. The van der Waals surface area contributed by atoms with E-state index in [2.05, 4.69) is 20.9 Å². The standard InChI is InChI=1S/C15H20BrNO2/c1-2-19-15(8-4-3-5-9-15)14(18)10-13-7-6-12(16)11-17-13/h6-7,11H,2-5,8-10H2,1H3. The molecule has 4 heteroatoms. The highest BCUT2D eigenvalue weighted by Crippen LogP contribution is 2.33. The summed E-state index contributed by atoms with van der Waals surface area (Å²) < 4.78 is 6.77. The lowest BCUT2D eigenvalue weighted by atomic mass is 9.80. The van der Waals surface area contributed by atoms with Crippen molar-refractivity contribution in [3.8, 4) is 0 Å². The van der Waals surface area contributed by atoms with Crippen molar-refractivity contribution < 1.29 is 9.53 Å². The Labute approximate surface area is 122 Å². The third-order valence-corrected chi connectivity index (χ3v) is 4.19. The van der Waals surface area contributed by atoms with Crippen LogP contribution >= 0.6 is 15.9 Å². The van der Waals surface area contributed by atoms with Gasteiger partial charge in [0.2, 0.25) is 0 Å². The smallest absolute Gasteiger partial charge is 0.170 e. The molecule has 0 bridgehead atoms. The number of pyridine rings is 1. The molecule has 1 saturated carbocycles. The number of ketones is 1. The van der Waals surface area contributed by atoms with E-state index >= 15 is 0 Å². The lowest BCUT2D eigenvalue weighted by Gasteiger charge is -2.35. The van der Waals surface area contributed by atoms with Gasteiger partial charge in [-0.25, -0.2) is 0 Å². The molecule has 1 heterocycles.